The standard InChI is InChI=1S/C34H34N6O3S3/c1-4-32(44-19-1)10-7-29-13-16-35-38(29)25-41-22-28(23-42-26-39-30(14-17-36-39)8-11-33-5-2-20-45-33)24-43-27-40-31(15-18-37-40)9-12-34-6-3-21-46-34/h1-21,28H,22-27H2/b10-7+,11-8+,12-9+. The van der Waals surface area contributed by atoms with Gasteiger partial charge in [0.1, 0.15) is 20.2 Å². The van der Waals surface area contributed by atoms with Crippen LogP contribution < -0.4 is 0 Å². The van der Waals surface area contributed by atoms with Crippen molar-refractivity contribution in [2.45, 2.75) is 20.2 Å². The van der Waals surface area contributed by atoms with Gasteiger partial charge in [0.25, 0.3) is 0 Å². The van der Waals surface area contributed by atoms with Crippen LogP contribution in [0.15, 0.2) is 89.3 Å². The monoisotopic (exact) mass is 670 g/mol. The first-order valence-electron chi connectivity index (χ1n) is 14.7. The molecule has 0 bridgehead atoms. The fourth-order valence-electron chi connectivity index (χ4n) is 4.50. The summed E-state index contributed by atoms with van der Waals surface area (Å²) in [6.45, 7) is 2.26. The van der Waals surface area contributed by atoms with Crippen LogP contribution in [-0.2, 0) is 34.4 Å². The Labute approximate surface area is 279 Å². The van der Waals surface area contributed by atoms with Crippen LogP contribution in [0.1, 0.15) is 31.7 Å². The molecule has 0 fully saturated rings. The Morgan fingerprint density at radius 3 is 1.15 bits per heavy atom. The van der Waals surface area contributed by atoms with E-state index in [1.54, 1.807) is 52.6 Å². The molecule has 0 atom stereocenters. The van der Waals surface area contributed by atoms with E-state index in [0.717, 1.165) is 17.1 Å². The van der Waals surface area contributed by atoms with Crippen LogP contribution in [0.2, 0.25) is 0 Å². The highest BCUT2D eigenvalue weighted by Crippen LogP contribution is 2.16. The summed E-state index contributed by atoms with van der Waals surface area (Å²) in [5.41, 5.74) is 2.92. The second-order valence-electron chi connectivity index (χ2n) is 10.2. The Morgan fingerprint density at radius 1 is 0.500 bits per heavy atom. The van der Waals surface area contributed by atoms with E-state index in [2.05, 4.69) is 86.1 Å². The average Bonchev–Trinajstić information content (AvgIpc) is 3.92. The molecule has 0 spiro atoms. The van der Waals surface area contributed by atoms with Gasteiger partial charge in [-0.1, -0.05) is 18.2 Å². The number of rotatable bonds is 18. The summed E-state index contributed by atoms with van der Waals surface area (Å²) in [5, 5.41) is 19.5. The number of ether oxygens (including phenoxy) is 3. The van der Waals surface area contributed by atoms with Crippen LogP contribution in [0.25, 0.3) is 36.5 Å². The van der Waals surface area contributed by atoms with E-state index in [9.17, 15) is 0 Å². The van der Waals surface area contributed by atoms with Crippen molar-refractivity contribution in [1.29, 1.82) is 0 Å². The summed E-state index contributed by atoms with van der Waals surface area (Å²) in [6, 6.07) is 18.3. The van der Waals surface area contributed by atoms with Gasteiger partial charge in [0, 0.05) is 39.1 Å². The molecule has 9 nitrogen and oxygen atoms in total. The molecule has 46 heavy (non-hydrogen) atoms. The number of aromatic nitrogens is 6. The van der Waals surface area contributed by atoms with Gasteiger partial charge in [0.2, 0.25) is 0 Å². The molecule has 12 heteroatoms. The predicted octanol–water partition coefficient (Wildman–Crippen LogP) is 7.91. The molecular weight excluding hydrogens is 637 g/mol. The zero-order valence-corrected chi connectivity index (χ0v) is 27.5. The van der Waals surface area contributed by atoms with Crippen LogP contribution in [0.4, 0.5) is 0 Å². The molecule has 0 amide bonds. The number of nitrogens with zero attached hydrogens (tertiary/aromatic N) is 6. The summed E-state index contributed by atoms with van der Waals surface area (Å²) in [5.74, 6) is -0.0259. The third-order valence-electron chi connectivity index (χ3n) is 6.83. The van der Waals surface area contributed by atoms with E-state index < -0.39 is 0 Å². The van der Waals surface area contributed by atoms with Gasteiger partial charge in [-0.25, -0.2) is 14.0 Å². The fourth-order valence-corrected chi connectivity index (χ4v) is 6.35. The normalized spacial score (nSPS) is 12.2. The van der Waals surface area contributed by atoms with E-state index in [-0.39, 0.29) is 5.92 Å². The van der Waals surface area contributed by atoms with Crippen molar-refractivity contribution in [2.75, 3.05) is 19.8 Å². The van der Waals surface area contributed by atoms with Gasteiger partial charge in [0.15, 0.2) is 0 Å². The minimum atomic E-state index is -0.0259. The van der Waals surface area contributed by atoms with E-state index >= 15 is 0 Å². The second kappa shape index (κ2) is 16.9. The summed E-state index contributed by atoms with van der Waals surface area (Å²) in [7, 11) is 0. The number of thiophene rings is 3. The smallest absolute Gasteiger partial charge is 0.139 e. The summed E-state index contributed by atoms with van der Waals surface area (Å²) in [4.78, 5) is 3.56. The van der Waals surface area contributed by atoms with Crippen molar-refractivity contribution < 1.29 is 14.2 Å². The lowest BCUT2D eigenvalue weighted by molar-refractivity contribution is -0.0505. The van der Waals surface area contributed by atoms with Crippen LogP contribution >= 0.6 is 34.0 Å². The summed E-state index contributed by atoms with van der Waals surface area (Å²) >= 11 is 5.09. The quantitative estimate of drug-likeness (QED) is 0.0925. The zero-order valence-electron chi connectivity index (χ0n) is 25.1. The lowest BCUT2D eigenvalue weighted by atomic mass is 10.2. The maximum absolute atomic E-state index is 6.14. The third-order valence-corrected chi connectivity index (χ3v) is 9.35. The molecule has 6 rings (SSSR count). The van der Waals surface area contributed by atoms with E-state index in [1.807, 2.05) is 50.4 Å². The molecule has 0 N–H and O–H groups in total. The van der Waals surface area contributed by atoms with E-state index in [1.165, 1.54) is 14.6 Å². The van der Waals surface area contributed by atoms with Gasteiger partial charge in [-0.15, -0.1) is 34.0 Å². The molecule has 0 radical (unpaired) electrons. The minimum absolute atomic E-state index is 0.0259. The van der Waals surface area contributed by atoms with Crippen LogP contribution in [0.5, 0.6) is 0 Å². The molecule has 0 unspecified atom stereocenters. The van der Waals surface area contributed by atoms with Crippen molar-refractivity contribution >= 4 is 70.5 Å². The van der Waals surface area contributed by atoms with E-state index in [4.69, 9.17) is 14.2 Å². The van der Waals surface area contributed by atoms with Gasteiger partial charge >= 0.3 is 0 Å². The Bertz CT molecular complexity index is 1590. The van der Waals surface area contributed by atoms with E-state index in [0.29, 0.717) is 40.0 Å². The molecule has 0 aliphatic heterocycles. The molecule has 0 aliphatic rings. The van der Waals surface area contributed by atoms with Crippen LogP contribution in [0, 0.1) is 5.92 Å². The molecule has 0 saturated carbocycles. The van der Waals surface area contributed by atoms with Crippen molar-refractivity contribution in [3.8, 4) is 0 Å². The first kappa shape index (κ1) is 31.8. The lowest BCUT2D eigenvalue weighted by Gasteiger charge is -2.18. The second-order valence-corrected chi connectivity index (χ2v) is 13.1. The highest BCUT2D eigenvalue weighted by Gasteiger charge is 2.13. The molecule has 6 heterocycles. The molecule has 6 aromatic heterocycles. The largest absolute Gasteiger partial charge is 0.359 e. The van der Waals surface area contributed by atoms with Crippen molar-refractivity contribution in [1.82, 2.24) is 29.3 Å². The van der Waals surface area contributed by atoms with Crippen molar-refractivity contribution in [2.24, 2.45) is 5.92 Å². The Balaban J connectivity index is 1.04. The third kappa shape index (κ3) is 9.42. The van der Waals surface area contributed by atoms with Gasteiger partial charge in [-0.3, -0.25) is 0 Å². The molecule has 0 saturated heterocycles. The minimum Gasteiger partial charge on any atom is -0.359 e. The van der Waals surface area contributed by atoms with Gasteiger partial charge in [0.05, 0.1) is 36.9 Å². The van der Waals surface area contributed by atoms with Crippen LogP contribution in [0.3, 0.4) is 0 Å². The molecule has 236 valence electrons. The Hall–Kier alpha value is -4.17. The molecule has 0 aromatic carbocycles. The molecule has 6 aromatic rings. The first-order valence-corrected chi connectivity index (χ1v) is 17.4. The lowest BCUT2D eigenvalue weighted by Crippen LogP contribution is -2.24. The summed E-state index contributed by atoms with van der Waals surface area (Å²) < 4.78 is 24.0. The van der Waals surface area contributed by atoms with Crippen LogP contribution in [-0.4, -0.2) is 49.2 Å². The maximum Gasteiger partial charge on any atom is 0.139 e. The summed E-state index contributed by atoms with van der Waals surface area (Å²) in [6.07, 6.45) is 17.8. The predicted molar refractivity (Wildman–Crippen MR) is 188 cm³/mol. The zero-order chi connectivity index (χ0) is 31.2. The van der Waals surface area contributed by atoms with Gasteiger partial charge in [-0.2, -0.15) is 15.3 Å². The molecule has 0 aliphatic carbocycles. The topological polar surface area (TPSA) is 81.1 Å². The number of hydrogen-bond donors (Lipinski definition) is 0. The number of hydrogen-bond acceptors (Lipinski definition) is 9. The molecular formula is C34H34N6O3S3. The Morgan fingerprint density at radius 2 is 0.848 bits per heavy atom. The fraction of sp³-hybridized carbons (Fsp3) is 0.206. The van der Waals surface area contributed by atoms with Gasteiger partial charge < -0.3 is 14.2 Å². The highest BCUT2D eigenvalue weighted by molar-refractivity contribution is 7.11. The first-order chi connectivity index (χ1) is 22.8. The highest BCUT2D eigenvalue weighted by atomic mass is 32.1. The Kier molecular flexibility index (Phi) is 11.7. The SMILES string of the molecule is C(=C\c1ccnn1COCC(COCn1nccc1/C=C/c1cccs1)COCn1nccc1/C=C/c1cccs1)/c1cccs1. The van der Waals surface area contributed by atoms with Crippen molar-refractivity contribution in [3.63, 3.8) is 0 Å². The van der Waals surface area contributed by atoms with Gasteiger partial charge in [-0.05, 0) is 89.0 Å². The average molecular weight is 671 g/mol. The maximum atomic E-state index is 6.14. The van der Waals surface area contributed by atoms with Crippen molar-refractivity contribution in [3.05, 3.63) is 121 Å².